The van der Waals surface area contributed by atoms with E-state index in [1.54, 1.807) is 29.1 Å². The lowest BCUT2D eigenvalue weighted by molar-refractivity contribution is -0.133. The zero-order chi connectivity index (χ0) is 28.6. The molecule has 2 aliphatic rings. The highest BCUT2D eigenvalue weighted by Crippen LogP contribution is 2.34. The summed E-state index contributed by atoms with van der Waals surface area (Å²) in [6.45, 7) is 6.58. The van der Waals surface area contributed by atoms with Crippen LogP contribution in [0.1, 0.15) is 109 Å². The van der Waals surface area contributed by atoms with Gasteiger partial charge in [0.2, 0.25) is 5.91 Å². The third-order valence-electron chi connectivity index (χ3n) is 8.10. The smallest absolute Gasteiger partial charge is 0.282 e. The van der Waals surface area contributed by atoms with Crippen LogP contribution in [0.25, 0.3) is 0 Å². The van der Waals surface area contributed by atoms with Gasteiger partial charge in [-0.3, -0.25) is 19.3 Å². The molecule has 1 amide bonds. The second-order valence-corrected chi connectivity index (χ2v) is 10.9. The lowest BCUT2D eigenvalue weighted by atomic mass is 9.81. The van der Waals surface area contributed by atoms with Gasteiger partial charge in [0.1, 0.15) is 17.9 Å². The summed E-state index contributed by atoms with van der Waals surface area (Å²) in [5.74, 6) is 0.934. The summed E-state index contributed by atoms with van der Waals surface area (Å²) in [6, 6.07) is 14.0. The molecule has 0 spiro atoms. The first-order valence-electron chi connectivity index (χ1n) is 14.4. The number of piperidine rings is 1. The number of halogens is 2. The van der Waals surface area contributed by atoms with Gasteiger partial charge in [0, 0.05) is 31.9 Å². The highest BCUT2D eigenvalue weighted by atomic mass is 19.3. The lowest BCUT2D eigenvalue weighted by Gasteiger charge is -2.32. The van der Waals surface area contributed by atoms with Crippen LogP contribution in [-0.4, -0.2) is 44.4 Å². The van der Waals surface area contributed by atoms with Gasteiger partial charge in [-0.05, 0) is 92.2 Å². The summed E-state index contributed by atoms with van der Waals surface area (Å²) in [5.41, 5.74) is 4.99. The number of ketones is 1. The number of hydrogen-bond acceptors (Lipinski definition) is 4. The van der Waals surface area contributed by atoms with Crippen molar-refractivity contribution >= 4 is 11.7 Å². The molecular formula is C32H40F2N4O2. The Labute approximate surface area is 235 Å². The maximum absolute atomic E-state index is 12.7. The molecule has 0 saturated carbocycles. The Hall–Kier alpha value is -3.42. The van der Waals surface area contributed by atoms with Crippen LogP contribution in [0.5, 0.6) is 0 Å². The van der Waals surface area contributed by atoms with Crippen molar-refractivity contribution in [3.05, 3.63) is 82.4 Å². The van der Waals surface area contributed by atoms with Crippen molar-refractivity contribution in [2.75, 3.05) is 13.1 Å². The zero-order valence-electron chi connectivity index (χ0n) is 23.8. The van der Waals surface area contributed by atoms with Crippen molar-refractivity contribution in [1.82, 2.24) is 19.7 Å². The Bertz CT molecular complexity index is 1300. The molecule has 214 valence electrons. The fraction of sp³-hybridized carbons (Fsp3) is 0.500. The summed E-state index contributed by atoms with van der Waals surface area (Å²) in [5, 5.41) is 3.81. The number of Topliss-reactive ketones (excluding diaryl/α,β-unsaturated/α-hetero) is 1. The van der Waals surface area contributed by atoms with E-state index in [1.165, 1.54) is 49.8 Å². The SMILES string of the molecule is CC(=O)c1cc(C2CCN(C(=O)Cn3nc(C(F)F)cc3C)CC2)ccn1.CCCC1CCCc2ccccc21. The molecule has 8 heteroatoms. The Morgan fingerprint density at radius 1 is 1.07 bits per heavy atom. The van der Waals surface area contributed by atoms with Crippen LogP contribution in [0.15, 0.2) is 48.7 Å². The monoisotopic (exact) mass is 550 g/mol. The van der Waals surface area contributed by atoms with E-state index in [-0.39, 0.29) is 29.8 Å². The summed E-state index contributed by atoms with van der Waals surface area (Å²) < 4.78 is 26.8. The molecule has 0 N–H and O–H groups in total. The molecule has 6 nitrogen and oxygen atoms in total. The maximum atomic E-state index is 12.7. The van der Waals surface area contributed by atoms with Crippen molar-refractivity contribution in [2.24, 2.45) is 0 Å². The van der Waals surface area contributed by atoms with E-state index in [1.807, 2.05) is 12.1 Å². The van der Waals surface area contributed by atoms with E-state index in [9.17, 15) is 18.4 Å². The van der Waals surface area contributed by atoms with Crippen LogP contribution < -0.4 is 0 Å². The predicted molar refractivity (Wildman–Crippen MR) is 152 cm³/mol. The molecule has 40 heavy (non-hydrogen) atoms. The van der Waals surface area contributed by atoms with Gasteiger partial charge in [0.05, 0.1) is 0 Å². The van der Waals surface area contributed by atoms with E-state index >= 15 is 0 Å². The molecule has 5 rings (SSSR count). The number of hydrogen-bond donors (Lipinski definition) is 0. The maximum Gasteiger partial charge on any atom is 0.282 e. The van der Waals surface area contributed by atoms with Gasteiger partial charge in [-0.2, -0.15) is 5.10 Å². The fourth-order valence-electron chi connectivity index (χ4n) is 5.89. The third kappa shape index (κ3) is 7.40. The first-order chi connectivity index (χ1) is 19.3. The lowest BCUT2D eigenvalue weighted by Crippen LogP contribution is -2.40. The predicted octanol–water partition coefficient (Wildman–Crippen LogP) is 7.04. The van der Waals surface area contributed by atoms with Crippen LogP contribution in [0.3, 0.4) is 0 Å². The highest BCUT2D eigenvalue weighted by Gasteiger charge is 2.25. The number of alkyl halides is 2. The number of likely N-dealkylation sites (tertiary alicyclic amines) is 1. The number of carbonyl (C=O) groups is 2. The van der Waals surface area contributed by atoms with Crippen LogP contribution in [-0.2, 0) is 17.8 Å². The van der Waals surface area contributed by atoms with E-state index in [0.29, 0.717) is 24.5 Å². The molecular weight excluding hydrogens is 510 g/mol. The average Bonchev–Trinajstić information content (AvgIpc) is 3.34. The van der Waals surface area contributed by atoms with Crippen LogP contribution in [0.4, 0.5) is 8.78 Å². The second-order valence-electron chi connectivity index (χ2n) is 10.9. The average molecular weight is 551 g/mol. The number of pyridine rings is 1. The number of rotatable bonds is 7. The van der Waals surface area contributed by atoms with E-state index < -0.39 is 6.43 Å². The van der Waals surface area contributed by atoms with Gasteiger partial charge < -0.3 is 4.90 Å². The number of benzene rings is 1. The normalized spacial score (nSPS) is 17.2. The van der Waals surface area contributed by atoms with Crippen molar-refractivity contribution < 1.29 is 18.4 Å². The summed E-state index contributed by atoms with van der Waals surface area (Å²) in [6.07, 6.45) is 7.36. The molecule has 2 aromatic heterocycles. The quantitative estimate of drug-likeness (QED) is 0.296. The Morgan fingerprint density at radius 3 is 2.50 bits per heavy atom. The van der Waals surface area contributed by atoms with Gasteiger partial charge in [-0.25, -0.2) is 8.78 Å². The molecule has 1 unspecified atom stereocenters. The largest absolute Gasteiger partial charge is 0.341 e. The minimum absolute atomic E-state index is 0.0348. The molecule has 3 aromatic rings. The molecule has 1 aliphatic carbocycles. The van der Waals surface area contributed by atoms with Crippen LogP contribution in [0.2, 0.25) is 0 Å². The molecule has 1 aliphatic heterocycles. The van der Waals surface area contributed by atoms with Crippen LogP contribution >= 0.6 is 0 Å². The number of fused-ring (bicyclic) bond motifs is 1. The Balaban J connectivity index is 0.000000236. The number of carbonyl (C=O) groups excluding carboxylic acids is 2. The van der Waals surface area contributed by atoms with Crippen molar-refractivity contribution in [1.29, 1.82) is 0 Å². The summed E-state index contributed by atoms with van der Waals surface area (Å²) in [4.78, 5) is 29.8. The number of nitrogens with zero attached hydrogens (tertiary/aromatic N) is 4. The van der Waals surface area contributed by atoms with Gasteiger partial charge in [-0.15, -0.1) is 0 Å². The van der Waals surface area contributed by atoms with Gasteiger partial charge >= 0.3 is 0 Å². The Kier molecular flexibility index (Phi) is 10.2. The highest BCUT2D eigenvalue weighted by molar-refractivity contribution is 5.92. The van der Waals surface area contributed by atoms with Crippen molar-refractivity contribution in [3.8, 4) is 0 Å². The number of aromatic nitrogens is 3. The molecule has 3 heterocycles. The fourth-order valence-corrected chi connectivity index (χ4v) is 5.89. The third-order valence-corrected chi connectivity index (χ3v) is 8.10. The molecule has 1 fully saturated rings. The van der Waals surface area contributed by atoms with E-state index in [2.05, 4.69) is 41.3 Å². The van der Waals surface area contributed by atoms with E-state index in [4.69, 9.17) is 0 Å². The van der Waals surface area contributed by atoms with Crippen molar-refractivity contribution in [2.45, 2.75) is 90.5 Å². The van der Waals surface area contributed by atoms with Crippen LogP contribution in [0, 0.1) is 6.92 Å². The topological polar surface area (TPSA) is 68.1 Å². The Morgan fingerprint density at radius 2 is 1.82 bits per heavy atom. The standard InChI is InChI=1S/C19H22F2N4O2.C13H18/c1-12-9-17(19(20)21)23-25(12)11-18(27)24-7-4-14(5-8-24)15-3-6-22-16(10-15)13(2)26;1-2-6-11-8-5-9-12-7-3-4-10-13(11)12/h3,6,9-10,14,19H,4-5,7-8,11H2,1-2H3;3-4,7,10-11H,2,5-6,8-9H2,1H3. The molecule has 0 bridgehead atoms. The molecule has 1 atom stereocenters. The molecule has 0 radical (unpaired) electrons. The number of aryl methyl sites for hydroxylation is 2. The second kappa shape index (κ2) is 13.8. The summed E-state index contributed by atoms with van der Waals surface area (Å²) >= 11 is 0. The first kappa shape index (κ1) is 29.6. The minimum atomic E-state index is -2.64. The minimum Gasteiger partial charge on any atom is -0.341 e. The van der Waals surface area contributed by atoms with Gasteiger partial charge in [0.15, 0.2) is 5.78 Å². The van der Waals surface area contributed by atoms with Gasteiger partial charge in [0.25, 0.3) is 6.43 Å². The van der Waals surface area contributed by atoms with Crippen molar-refractivity contribution in [3.63, 3.8) is 0 Å². The summed E-state index contributed by atoms with van der Waals surface area (Å²) in [7, 11) is 0. The zero-order valence-corrected chi connectivity index (χ0v) is 23.8. The van der Waals surface area contributed by atoms with Gasteiger partial charge in [-0.1, -0.05) is 37.6 Å². The molecule has 1 aromatic carbocycles. The number of amides is 1. The molecule has 1 saturated heterocycles. The van der Waals surface area contributed by atoms with E-state index in [0.717, 1.165) is 24.3 Å². The first-order valence-corrected chi connectivity index (χ1v) is 14.4.